The maximum atomic E-state index is 11.2. The maximum absolute atomic E-state index is 11.2. The van der Waals surface area contributed by atoms with Gasteiger partial charge < -0.3 is 4.74 Å². The summed E-state index contributed by atoms with van der Waals surface area (Å²) in [7, 11) is 0. The summed E-state index contributed by atoms with van der Waals surface area (Å²) in [5.74, 6) is 0.329. The molecule has 0 amide bonds. The molecular weight excluding hydrogens is 176 g/mol. The normalized spacial score (nSPS) is 11.6. The SMILES string of the molecule is C=C(C)C(=O)OCC(C)(C)CC(C)C. The van der Waals surface area contributed by atoms with Crippen LogP contribution in [0.5, 0.6) is 0 Å². The van der Waals surface area contributed by atoms with E-state index >= 15 is 0 Å². The van der Waals surface area contributed by atoms with Gasteiger partial charge in [0.25, 0.3) is 0 Å². The van der Waals surface area contributed by atoms with E-state index in [0.717, 1.165) is 6.42 Å². The second-order valence-corrected chi connectivity index (χ2v) is 5.12. The van der Waals surface area contributed by atoms with Gasteiger partial charge >= 0.3 is 5.97 Å². The molecule has 0 unspecified atom stereocenters. The number of carbonyl (C=O) groups excluding carboxylic acids is 1. The average Bonchev–Trinajstić information content (AvgIpc) is 1.97. The lowest BCUT2D eigenvalue weighted by Crippen LogP contribution is -2.23. The summed E-state index contributed by atoms with van der Waals surface area (Å²) in [4.78, 5) is 11.2. The van der Waals surface area contributed by atoms with Gasteiger partial charge in [0.05, 0.1) is 6.61 Å². The van der Waals surface area contributed by atoms with Crippen molar-refractivity contribution in [2.45, 2.75) is 41.0 Å². The summed E-state index contributed by atoms with van der Waals surface area (Å²) >= 11 is 0. The van der Waals surface area contributed by atoms with E-state index in [4.69, 9.17) is 4.74 Å². The van der Waals surface area contributed by atoms with Gasteiger partial charge in [0.15, 0.2) is 0 Å². The molecule has 0 aromatic carbocycles. The zero-order valence-corrected chi connectivity index (χ0v) is 10.0. The molecule has 0 aliphatic heterocycles. The Bertz CT molecular complexity index is 214. The Morgan fingerprint density at radius 2 is 1.93 bits per heavy atom. The lowest BCUT2D eigenvalue weighted by atomic mass is 9.85. The molecule has 0 aliphatic carbocycles. The molecule has 0 spiro atoms. The molecule has 0 rings (SSSR count). The molecule has 0 saturated heterocycles. The third kappa shape index (κ3) is 5.79. The summed E-state index contributed by atoms with van der Waals surface area (Å²) in [6.45, 7) is 14.2. The standard InChI is InChI=1S/C12H22O2/c1-9(2)7-12(5,6)8-14-11(13)10(3)4/h9H,3,7-8H2,1-2,4-6H3. The molecule has 0 aromatic heterocycles. The fourth-order valence-electron chi connectivity index (χ4n) is 1.55. The minimum atomic E-state index is -0.290. The largest absolute Gasteiger partial charge is 0.462 e. The number of carbonyl (C=O) groups is 1. The van der Waals surface area contributed by atoms with Crippen molar-refractivity contribution in [3.05, 3.63) is 12.2 Å². The summed E-state index contributed by atoms with van der Waals surface area (Å²) < 4.78 is 5.13. The Hall–Kier alpha value is -0.790. The van der Waals surface area contributed by atoms with Crippen LogP contribution in [0.15, 0.2) is 12.2 Å². The van der Waals surface area contributed by atoms with Crippen LogP contribution in [-0.4, -0.2) is 12.6 Å². The van der Waals surface area contributed by atoms with Gasteiger partial charge in [0.2, 0.25) is 0 Å². The van der Waals surface area contributed by atoms with Gasteiger partial charge in [0, 0.05) is 5.57 Å². The number of ether oxygens (including phenoxy) is 1. The van der Waals surface area contributed by atoms with E-state index in [2.05, 4.69) is 34.3 Å². The molecule has 0 N–H and O–H groups in total. The Morgan fingerprint density at radius 1 is 1.43 bits per heavy atom. The molecule has 0 aliphatic rings. The molecule has 2 nitrogen and oxygen atoms in total. The molecule has 2 heteroatoms. The van der Waals surface area contributed by atoms with Crippen LogP contribution in [0, 0.1) is 11.3 Å². The zero-order chi connectivity index (χ0) is 11.4. The molecule has 0 heterocycles. The van der Waals surface area contributed by atoms with Gasteiger partial charge in [-0.3, -0.25) is 0 Å². The van der Waals surface area contributed by atoms with Gasteiger partial charge in [0.1, 0.15) is 0 Å². The Morgan fingerprint density at radius 3 is 2.29 bits per heavy atom. The molecule has 0 radical (unpaired) electrons. The molecule has 0 bridgehead atoms. The lowest BCUT2D eigenvalue weighted by molar-refractivity contribution is -0.142. The molecule has 82 valence electrons. The summed E-state index contributed by atoms with van der Waals surface area (Å²) in [5, 5.41) is 0. The second kappa shape index (κ2) is 5.18. The van der Waals surface area contributed by atoms with Gasteiger partial charge in [-0.25, -0.2) is 4.79 Å². The van der Waals surface area contributed by atoms with E-state index in [-0.39, 0.29) is 11.4 Å². The first-order valence-corrected chi connectivity index (χ1v) is 5.07. The van der Waals surface area contributed by atoms with Crippen LogP contribution < -0.4 is 0 Å². The second-order valence-electron chi connectivity index (χ2n) is 5.12. The third-order valence-electron chi connectivity index (χ3n) is 1.90. The minimum Gasteiger partial charge on any atom is -0.462 e. The van der Waals surface area contributed by atoms with Crippen LogP contribution in [0.25, 0.3) is 0 Å². The predicted molar refractivity (Wildman–Crippen MR) is 59.0 cm³/mol. The van der Waals surface area contributed by atoms with Crippen LogP contribution in [0.2, 0.25) is 0 Å². The van der Waals surface area contributed by atoms with Crippen LogP contribution in [0.3, 0.4) is 0 Å². The van der Waals surface area contributed by atoms with E-state index in [9.17, 15) is 4.79 Å². The number of rotatable bonds is 5. The summed E-state index contributed by atoms with van der Waals surface area (Å²) in [6.07, 6.45) is 1.05. The van der Waals surface area contributed by atoms with Crippen LogP contribution in [0.4, 0.5) is 0 Å². The molecule has 14 heavy (non-hydrogen) atoms. The van der Waals surface area contributed by atoms with E-state index in [1.54, 1.807) is 6.92 Å². The number of hydrogen-bond donors (Lipinski definition) is 0. The van der Waals surface area contributed by atoms with Gasteiger partial charge in [-0.1, -0.05) is 34.3 Å². The topological polar surface area (TPSA) is 26.3 Å². The van der Waals surface area contributed by atoms with Crippen molar-refractivity contribution in [2.75, 3.05) is 6.61 Å². The van der Waals surface area contributed by atoms with E-state index in [1.165, 1.54) is 0 Å². The van der Waals surface area contributed by atoms with E-state index in [0.29, 0.717) is 18.1 Å². The number of hydrogen-bond acceptors (Lipinski definition) is 2. The highest BCUT2D eigenvalue weighted by Crippen LogP contribution is 2.25. The first-order chi connectivity index (χ1) is 6.24. The smallest absolute Gasteiger partial charge is 0.333 e. The highest BCUT2D eigenvalue weighted by atomic mass is 16.5. The zero-order valence-electron chi connectivity index (χ0n) is 10.0. The summed E-state index contributed by atoms with van der Waals surface area (Å²) in [6, 6.07) is 0. The van der Waals surface area contributed by atoms with E-state index in [1.807, 2.05) is 0 Å². The predicted octanol–water partition coefficient (Wildman–Crippen LogP) is 3.18. The van der Waals surface area contributed by atoms with Crippen molar-refractivity contribution in [1.29, 1.82) is 0 Å². The Balaban J connectivity index is 3.98. The van der Waals surface area contributed by atoms with Crippen molar-refractivity contribution in [3.63, 3.8) is 0 Å². The van der Waals surface area contributed by atoms with E-state index < -0.39 is 0 Å². The highest BCUT2D eigenvalue weighted by Gasteiger charge is 2.21. The average molecular weight is 198 g/mol. The molecule has 0 fully saturated rings. The quantitative estimate of drug-likeness (QED) is 0.501. The van der Waals surface area contributed by atoms with Gasteiger partial charge in [-0.15, -0.1) is 0 Å². The van der Waals surface area contributed by atoms with Crippen molar-refractivity contribution < 1.29 is 9.53 Å². The van der Waals surface area contributed by atoms with Crippen molar-refractivity contribution in [3.8, 4) is 0 Å². The Kier molecular flexibility index (Phi) is 4.89. The monoisotopic (exact) mass is 198 g/mol. The summed E-state index contributed by atoms with van der Waals surface area (Å²) in [5.41, 5.74) is 0.518. The first kappa shape index (κ1) is 13.2. The minimum absolute atomic E-state index is 0.0548. The van der Waals surface area contributed by atoms with Crippen LogP contribution >= 0.6 is 0 Å². The highest BCUT2D eigenvalue weighted by molar-refractivity contribution is 5.86. The van der Waals surface area contributed by atoms with Crippen LogP contribution in [0.1, 0.15) is 41.0 Å². The molecular formula is C12H22O2. The molecule has 0 atom stereocenters. The third-order valence-corrected chi connectivity index (χ3v) is 1.90. The fraction of sp³-hybridized carbons (Fsp3) is 0.750. The van der Waals surface area contributed by atoms with Crippen molar-refractivity contribution >= 4 is 5.97 Å². The van der Waals surface area contributed by atoms with Crippen molar-refractivity contribution in [2.24, 2.45) is 11.3 Å². The Labute approximate surface area is 87.3 Å². The molecule has 0 aromatic rings. The first-order valence-electron chi connectivity index (χ1n) is 5.07. The fourth-order valence-corrected chi connectivity index (χ4v) is 1.55. The van der Waals surface area contributed by atoms with Gasteiger partial charge in [-0.2, -0.15) is 0 Å². The lowest BCUT2D eigenvalue weighted by Gasteiger charge is -2.26. The van der Waals surface area contributed by atoms with Gasteiger partial charge in [-0.05, 0) is 24.7 Å². The molecule has 0 saturated carbocycles. The number of esters is 1. The van der Waals surface area contributed by atoms with Crippen LogP contribution in [-0.2, 0) is 9.53 Å². The van der Waals surface area contributed by atoms with Crippen molar-refractivity contribution in [1.82, 2.24) is 0 Å². The maximum Gasteiger partial charge on any atom is 0.333 e.